The minimum absolute atomic E-state index is 0.134. The van der Waals surface area contributed by atoms with Gasteiger partial charge in [-0.1, -0.05) is 35.7 Å². The van der Waals surface area contributed by atoms with Gasteiger partial charge in [-0.15, -0.1) is 0 Å². The molecule has 7 heteroatoms. The number of sulfonamides is 1. The van der Waals surface area contributed by atoms with Crippen LogP contribution in [0.1, 0.15) is 32.6 Å². The maximum absolute atomic E-state index is 12.9. The molecule has 2 atom stereocenters. The van der Waals surface area contributed by atoms with Gasteiger partial charge >= 0.3 is 0 Å². The summed E-state index contributed by atoms with van der Waals surface area (Å²) < 4.78 is 34.5. The van der Waals surface area contributed by atoms with Gasteiger partial charge in [-0.3, -0.25) is 0 Å². The van der Waals surface area contributed by atoms with Crippen molar-refractivity contribution in [2.45, 2.75) is 43.0 Å². The molecule has 22 heavy (non-hydrogen) atoms. The molecule has 1 aromatic carbocycles. The van der Waals surface area contributed by atoms with E-state index in [4.69, 9.17) is 10.5 Å². The zero-order valence-electron chi connectivity index (χ0n) is 12.9. The molecule has 0 spiro atoms. The molecule has 1 saturated carbocycles. The Labute approximate surface area is 140 Å². The lowest BCUT2D eigenvalue weighted by atomic mass is 9.74. The van der Waals surface area contributed by atoms with Crippen LogP contribution in [0.2, 0.25) is 0 Å². The van der Waals surface area contributed by atoms with Crippen molar-refractivity contribution in [3.05, 3.63) is 22.7 Å². The van der Waals surface area contributed by atoms with Crippen LogP contribution in [0.3, 0.4) is 0 Å². The minimum atomic E-state index is -3.71. The Hall–Kier alpha value is -0.630. The van der Waals surface area contributed by atoms with E-state index in [-0.39, 0.29) is 10.8 Å². The first kappa shape index (κ1) is 17.7. The molecule has 2 rings (SSSR count). The summed E-state index contributed by atoms with van der Waals surface area (Å²) in [6.45, 7) is 2.36. The fourth-order valence-corrected chi connectivity index (χ4v) is 5.34. The molecule has 0 heterocycles. The minimum Gasteiger partial charge on any atom is -0.495 e. The summed E-state index contributed by atoms with van der Waals surface area (Å²) in [5, 5.41) is 0. The monoisotopic (exact) mass is 390 g/mol. The largest absolute Gasteiger partial charge is 0.495 e. The third-order valence-corrected chi connectivity index (χ3v) is 6.64. The number of methoxy groups -OCH3 is 1. The van der Waals surface area contributed by atoms with Crippen LogP contribution < -0.4 is 15.2 Å². The second kappa shape index (κ2) is 6.86. The normalized spacial score (nSPS) is 25.9. The van der Waals surface area contributed by atoms with Crippen molar-refractivity contribution in [1.82, 2.24) is 4.72 Å². The lowest BCUT2D eigenvalue weighted by Gasteiger charge is -2.42. The summed E-state index contributed by atoms with van der Waals surface area (Å²) >= 11 is 3.31. The summed E-state index contributed by atoms with van der Waals surface area (Å²) in [4.78, 5) is 0.134. The maximum atomic E-state index is 12.9. The third-order valence-electron chi connectivity index (χ3n) is 4.57. The Morgan fingerprint density at radius 2 is 2.18 bits per heavy atom. The molecule has 1 fully saturated rings. The Bertz CT molecular complexity index is 636. The van der Waals surface area contributed by atoms with Crippen molar-refractivity contribution in [1.29, 1.82) is 0 Å². The number of hydrogen-bond donors (Lipinski definition) is 2. The van der Waals surface area contributed by atoms with Crippen LogP contribution in [-0.4, -0.2) is 27.6 Å². The van der Waals surface area contributed by atoms with Crippen molar-refractivity contribution in [2.75, 3.05) is 13.7 Å². The highest BCUT2D eigenvalue weighted by atomic mass is 79.9. The van der Waals surface area contributed by atoms with Crippen LogP contribution in [0.4, 0.5) is 0 Å². The van der Waals surface area contributed by atoms with Gasteiger partial charge in [0, 0.05) is 16.6 Å². The Morgan fingerprint density at radius 1 is 1.45 bits per heavy atom. The van der Waals surface area contributed by atoms with Crippen LogP contribution in [-0.2, 0) is 10.0 Å². The van der Waals surface area contributed by atoms with Crippen molar-refractivity contribution in [3.8, 4) is 5.75 Å². The van der Waals surface area contributed by atoms with Crippen molar-refractivity contribution >= 4 is 26.0 Å². The lowest BCUT2D eigenvalue weighted by Crippen LogP contribution is -2.58. The summed E-state index contributed by atoms with van der Waals surface area (Å²) in [5.74, 6) is 0.533. The van der Waals surface area contributed by atoms with Crippen molar-refractivity contribution < 1.29 is 13.2 Å². The van der Waals surface area contributed by atoms with Crippen LogP contribution in [0.5, 0.6) is 5.75 Å². The van der Waals surface area contributed by atoms with E-state index in [0.29, 0.717) is 16.8 Å². The molecule has 5 nitrogen and oxygen atoms in total. The standard InChI is InChI=1S/C15H23BrN2O3S/c1-11-5-3-4-8-15(11,10-17)18-22(19,20)14-9-12(16)6-7-13(14)21-2/h6-7,9,11,18H,3-5,8,10,17H2,1-2H3. The third kappa shape index (κ3) is 3.48. The molecule has 3 N–H and O–H groups in total. The number of hydrogen-bond acceptors (Lipinski definition) is 4. The van der Waals surface area contributed by atoms with Gasteiger partial charge in [-0.05, 0) is 37.0 Å². The Kier molecular flexibility index (Phi) is 5.53. The first-order valence-corrected chi connectivity index (χ1v) is 9.70. The van der Waals surface area contributed by atoms with E-state index in [1.54, 1.807) is 18.2 Å². The summed E-state index contributed by atoms with van der Waals surface area (Å²) in [6.07, 6.45) is 3.85. The van der Waals surface area contributed by atoms with Crippen LogP contribution in [0, 0.1) is 5.92 Å². The highest BCUT2D eigenvalue weighted by Gasteiger charge is 2.41. The highest BCUT2D eigenvalue weighted by molar-refractivity contribution is 9.10. The van der Waals surface area contributed by atoms with Crippen LogP contribution in [0.15, 0.2) is 27.6 Å². The quantitative estimate of drug-likeness (QED) is 0.809. The lowest BCUT2D eigenvalue weighted by molar-refractivity contribution is 0.191. The molecular weight excluding hydrogens is 368 g/mol. The fraction of sp³-hybridized carbons (Fsp3) is 0.600. The molecule has 0 amide bonds. The van der Waals surface area contributed by atoms with Gasteiger partial charge in [0.25, 0.3) is 0 Å². The highest BCUT2D eigenvalue weighted by Crippen LogP contribution is 2.35. The first-order valence-electron chi connectivity index (χ1n) is 7.42. The molecule has 0 radical (unpaired) electrons. The van der Waals surface area contributed by atoms with Gasteiger partial charge < -0.3 is 10.5 Å². The van der Waals surface area contributed by atoms with Gasteiger partial charge in [-0.2, -0.15) is 0 Å². The fourth-order valence-electron chi connectivity index (χ4n) is 3.09. The SMILES string of the molecule is COc1ccc(Br)cc1S(=O)(=O)NC1(CN)CCCCC1C. The first-order chi connectivity index (χ1) is 10.3. The van der Waals surface area contributed by atoms with E-state index in [9.17, 15) is 8.42 Å². The topological polar surface area (TPSA) is 81.4 Å². The van der Waals surface area contributed by atoms with E-state index in [1.807, 2.05) is 0 Å². The molecular formula is C15H23BrN2O3S. The van der Waals surface area contributed by atoms with E-state index in [2.05, 4.69) is 27.6 Å². The molecule has 0 aliphatic heterocycles. The van der Waals surface area contributed by atoms with E-state index in [0.717, 1.165) is 25.7 Å². The molecule has 0 bridgehead atoms. The molecule has 0 saturated heterocycles. The second-order valence-corrected chi connectivity index (χ2v) is 8.47. The number of nitrogens with one attached hydrogen (secondary N) is 1. The van der Waals surface area contributed by atoms with Crippen molar-refractivity contribution in [2.24, 2.45) is 11.7 Å². The number of nitrogens with two attached hydrogens (primary N) is 1. The molecule has 124 valence electrons. The zero-order valence-corrected chi connectivity index (χ0v) is 15.3. The molecule has 0 aromatic heterocycles. The Morgan fingerprint density at radius 3 is 2.77 bits per heavy atom. The molecule has 1 aromatic rings. The molecule has 1 aliphatic rings. The van der Waals surface area contributed by atoms with Gasteiger partial charge in [0.05, 0.1) is 7.11 Å². The van der Waals surface area contributed by atoms with E-state index < -0.39 is 15.6 Å². The van der Waals surface area contributed by atoms with Crippen LogP contribution in [0.25, 0.3) is 0 Å². The molecule has 2 unspecified atom stereocenters. The predicted octanol–water partition coefficient (Wildman–Crippen LogP) is 2.64. The van der Waals surface area contributed by atoms with Gasteiger partial charge in [0.2, 0.25) is 10.0 Å². The smallest absolute Gasteiger partial charge is 0.244 e. The summed E-state index contributed by atoms with van der Waals surface area (Å²) in [6, 6.07) is 4.94. The van der Waals surface area contributed by atoms with E-state index >= 15 is 0 Å². The van der Waals surface area contributed by atoms with Gasteiger partial charge in [0.15, 0.2) is 0 Å². The predicted molar refractivity (Wildman–Crippen MR) is 90.4 cm³/mol. The van der Waals surface area contributed by atoms with Gasteiger partial charge in [0.1, 0.15) is 10.6 Å². The Balaban J connectivity index is 2.40. The van der Waals surface area contributed by atoms with Gasteiger partial charge in [-0.25, -0.2) is 13.1 Å². The summed E-state index contributed by atoms with van der Waals surface area (Å²) in [7, 11) is -2.25. The zero-order chi connectivity index (χ0) is 16.4. The van der Waals surface area contributed by atoms with Crippen molar-refractivity contribution in [3.63, 3.8) is 0 Å². The maximum Gasteiger partial charge on any atom is 0.244 e. The molecule has 1 aliphatic carbocycles. The number of rotatable bonds is 5. The number of benzene rings is 1. The van der Waals surface area contributed by atoms with E-state index in [1.165, 1.54) is 7.11 Å². The average molecular weight is 391 g/mol. The number of ether oxygens (including phenoxy) is 1. The summed E-state index contributed by atoms with van der Waals surface area (Å²) in [5.41, 5.74) is 5.37. The average Bonchev–Trinajstić information content (AvgIpc) is 2.49. The van der Waals surface area contributed by atoms with Crippen LogP contribution >= 0.6 is 15.9 Å². The second-order valence-electron chi connectivity index (χ2n) is 5.91. The number of halogens is 1.